The van der Waals surface area contributed by atoms with Crippen LogP contribution in [0.1, 0.15) is 36.2 Å². The summed E-state index contributed by atoms with van der Waals surface area (Å²) in [5.74, 6) is 1.28. The van der Waals surface area contributed by atoms with Gasteiger partial charge < -0.3 is 15.0 Å². The van der Waals surface area contributed by atoms with Crippen molar-refractivity contribution in [1.29, 1.82) is 0 Å². The van der Waals surface area contributed by atoms with Crippen molar-refractivity contribution in [3.05, 3.63) is 41.2 Å². The summed E-state index contributed by atoms with van der Waals surface area (Å²) < 4.78 is 7.84. The summed E-state index contributed by atoms with van der Waals surface area (Å²) in [4.78, 5) is 13.4. The summed E-state index contributed by atoms with van der Waals surface area (Å²) in [6.07, 6.45) is 5.32. The first-order chi connectivity index (χ1) is 12.2. The molecule has 0 radical (unpaired) electrons. The Morgan fingerprint density at radius 1 is 1.04 bits per heavy atom. The van der Waals surface area contributed by atoms with E-state index in [9.17, 15) is 0 Å². The lowest BCUT2D eigenvalue weighted by molar-refractivity contribution is 0.283. The summed E-state index contributed by atoms with van der Waals surface area (Å²) in [5.41, 5.74) is 10.2. The molecule has 3 heterocycles. The minimum absolute atomic E-state index is 0.349. The molecule has 1 aliphatic heterocycles. The second kappa shape index (κ2) is 6.70. The highest BCUT2D eigenvalue weighted by Gasteiger charge is 2.15. The van der Waals surface area contributed by atoms with Crippen LogP contribution in [0, 0.1) is 6.92 Å². The van der Waals surface area contributed by atoms with E-state index in [4.69, 9.17) is 10.5 Å². The molecular formula is C19H23N5O. The normalized spacial score (nSPS) is 15.6. The average molecular weight is 337 g/mol. The maximum absolute atomic E-state index is 6.08. The number of aromatic nitrogens is 4. The van der Waals surface area contributed by atoms with Gasteiger partial charge in [0.2, 0.25) is 0 Å². The fourth-order valence-electron chi connectivity index (χ4n) is 3.40. The highest BCUT2D eigenvalue weighted by Crippen LogP contribution is 2.22. The van der Waals surface area contributed by atoms with Crippen molar-refractivity contribution in [2.24, 2.45) is 0 Å². The third kappa shape index (κ3) is 3.29. The quantitative estimate of drug-likeness (QED) is 0.682. The zero-order chi connectivity index (χ0) is 17.2. The minimum Gasteiger partial charge on any atom is -0.463 e. The molecule has 2 N–H and O–H groups in total. The molecule has 0 amide bonds. The second-order valence-corrected chi connectivity index (χ2v) is 6.60. The molecule has 1 aromatic carbocycles. The van der Waals surface area contributed by atoms with Gasteiger partial charge in [-0.25, -0.2) is 4.98 Å². The number of nitrogens with zero attached hydrogens (tertiary/aromatic N) is 4. The number of aryl methyl sites for hydroxylation is 4. The maximum Gasteiger partial charge on any atom is 0.320 e. The molecule has 0 aliphatic carbocycles. The van der Waals surface area contributed by atoms with Crippen LogP contribution < -0.4 is 10.5 Å². The SMILES string of the molecule is Cc1nc2c(N)nc3nc2n1CCc1cccc(c1)CCCCCO3. The molecule has 0 atom stereocenters. The molecule has 3 aromatic rings. The number of hydrogen-bond donors (Lipinski definition) is 1. The number of nitrogens with two attached hydrogens (primary N) is 1. The van der Waals surface area contributed by atoms with Gasteiger partial charge >= 0.3 is 6.01 Å². The van der Waals surface area contributed by atoms with Crippen molar-refractivity contribution in [1.82, 2.24) is 19.5 Å². The molecule has 0 spiro atoms. The van der Waals surface area contributed by atoms with E-state index >= 15 is 0 Å². The van der Waals surface area contributed by atoms with Gasteiger partial charge in [0.25, 0.3) is 0 Å². The number of imidazole rings is 1. The number of anilines is 1. The lowest BCUT2D eigenvalue weighted by Crippen LogP contribution is -2.07. The van der Waals surface area contributed by atoms with E-state index in [0.29, 0.717) is 24.0 Å². The summed E-state index contributed by atoms with van der Waals surface area (Å²) in [6, 6.07) is 9.23. The molecule has 2 aromatic heterocycles. The highest BCUT2D eigenvalue weighted by atomic mass is 16.5. The Kier molecular flexibility index (Phi) is 4.26. The molecule has 0 fully saturated rings. The zero-order valence-corrected chi connectivity index (χ0v) is 14.5. The Balaban J connectivity index is 1.74. The molecule has 1 aliphatic rings. The van der Waals surface area contributed by atoms with E-state index in [-0.39, 0.29) is 0 Å². The largest absolute Gasteiger partial charge is 0.463 e. The van der Waals surface area contributed by atoms with E-state index in [1.165, 1.54) is 11.1 Å². The van der Waals surface area contributed by atoms with Gasteiger partial charge in [-0.1, -0.05) is 24.3 Å². The standard InChI is InChI=1S/C19H23N5O/c1-13-21-16-17(20)22-19-23-18(16)24(13)10-9-15-8-5-7-14(12-15)6-3-2-4-11-25-19/h5,7-8,12H,2-4,6,9-11H2,1H3,(H2,20,22,23). The zero-order valence-electron chi connectivity index (χ0n) is 14.5. The first-order valence-electron chi connectivity index (χ1n) is 8.92. The number of benzene rings is 1. The Hall–Kier alpha value is -2.63. The van der Waals surface area contributed by atoms with E-state index < -0.39 is 0 Å². The van der Waals surface area contributed by atoms with Gasteiger partial charge in [0.1, 0.15) is 5.82 Å². The van der Waals surface area contributed by atoms with Gasteiger partial charge in [-0.15, -0.1) is 0 Å². The molecule has 4 rings (SSSR count). The molecule has 130 valence electrons. The van der Waals surface area contributed by atoms with Gasteiger partial charge in [-0.3, -0.25) is 0 Å². The van der Waals surface area contributed by atoms with Crippen molar-refractivity contribution in [2.75, 3.05) is 12.3 Å². The van der Waals surface area contributed by atoms with Crippen LogP contribution in [0.3, 0.4) is 0 Å². The second-order valence-electron chi connectivity index (χ2n) is 6.60. The van der Waals surface area contributed by atoms with Crippen LogP contribution in [0.15, 0.2) is 24.3 Å². The number of hydrogen-bond acceptors (Lipinski definition) is 5. The number of rotatable bonds is 0. The summed E-state index contributed by atoms with van der Waals surface area (Å²) in [6.45, 7) is 3.39. The molecule has 0 saturated heterocycles. The number of nitrogen functional groups attached to an aromatic ring is 1. The Bertz CT molecular complexity index is 902. The van der Waals surface area contributed by atoms with E-state index in [2.05, 4.69) is 43.8 Å². The fourth-order valence-corrected chi connectivity index (χ4v) is 3.40. The predicted molar refractivity (Wildman–Crippen MR) is 97.7 cm³/mol. The molecule has 6 heteroatoms. The Morgan fingerprint density at radius 3 is 2.76 bits per heavy atom. The van der Waals surface area contributed by atoms with Crippen LogP contribution in [0.2, 0.25) is 0 Å². The van der Waals surface area contributed by atoms with Gasteiger partial charge in [0.05, 0.1) is 6.61 Å². The number of ether oxygens (including phenoxy) is 1. The lowest BCUT2D eigenvalue weighted by Gasteiger charge is -2.08. The van der Waals surface area contributed by atoms with Crippen molar-refractivity contribution in [2.45, 2.75) is 45.6 Å². The molecule has 0 unspecified atom stereocenters. The summed E-state index contributed by atoms with van der Waals surface area (Å²) in [7, 11) is 0. The fraction of sp³-hybridized carbons (Fsp3) is 0.421. The van der Waals surface area contributed by atoms with Crippen LogP contribution in [-0.2, 0) is 19.4 Å². The van der Waals surface area contributed by atoms with Gasteiger partial charge in [-0.05, 0) is 50.2 Å². The maximum atomic E-state index is 6.08. The van der Waals surface area contributed by atoms with Crippen molar-refractivity contribution in [3.8, 4) is 6.01 Å². The number of fused-ring (bicyclic) bond motifs is 3. The van der Waals surface area contributed by atoms with Crippen LogP contribution in [0.4, 0.5) is 5.82 Å². The van der Waals surface area contributed by atoms with Crippen LogP contribution in [0.5, 0.6) is 6.01 Å². The van der Waals surface area contributed by atoms with E-state index in [1.54, 1.807) is 0 Å². The minimum atomic E-state index is 0.349. The summed E-state index contributed by atoms with van der Waals surface area (Å²) >= 11 is 0. The van der Waals surface area contributed by atoms with Crippen LogP contribution in [0.25, 0.3) is 11.2 Å². The molecule has 25 heavy (non-hydrogen) atoms. The van der Waals surface area contributed by atoms with Gasteiger partial charge in [0, 0.05) is 6.54 Å². The van der Waals surface area contributed by atoms with Crippen molar-refractivity contribution >= 4 is 17.0 Å². The van der Waals surface area contributed by atoms with Crippen LogP contribution >= 0.6 is 0 Å². The van der Waals surface area contributed by atoms with Gasteiger partial charge in [-0.2, -0.15) is 9.97 Å². The third-order valence-corrected chi connectivity index (χ3v) is 4.75. The monoisotopic (exact) mass is 337 g/mol. The highest BCUT2D eigenvalue weighted by molar-refractivity contribution is 5.82. The molecule has 6 nitrogen and oxygen atoms in total. The first-order valence-corrected chi connectivity index (χ1v) is 8.92. The van der Waals surface area contributed by atoms with Gasteiger partial charge in [0.15, 0.2) is 17.0 Å². The lowest BCUT2D eigenvalue weighted by atomic mass is 10.0. The Morgan fingerprint density at radius 2 is 1.88 bits per heavy atom. The smallest absolute Gasteiger partial charge is 0.320 e. The van der Waals surface area contributed by atoms with Crippen molar-refractivity contribution < 1.29 is 4.74 Å². The van der Waals surface area contributed by atoms with E-state index in [1.807, 2.05) is 6.92 Å². The van der Waals surface area contributed by atoms with Crippen molar-refractivity contribution in [3.63, 3.8) is 0 Å². The van der Waals surface area contributed by atoms with Crippen LogP contribution in [-0.4, -0.2) is 26.1 Å². The first kappa shape index (κ1) is 15.9. The average Bonchev–Trinajstić information content (AvgIpc) is 2.92. The molecular weight excluding hydrogens is 314 g/mol. The molecule has 0 saturated carbocycles. The third-order valence-electron chi connectivity index (χ3n) is 4.75. The van der Waals surface area contributed by atoms with E-state index in [0.717, 1.165) is 50.1 Å². The predicted octanol–water partition coefficient (Wildman–Crippen LogP) is 3.06. The molecule has 4 bridgehead atoms. The Labute approximate surface area is 147 Å². The summed E-state index contributed by atoms with van der Waals surface area (Å²) in [5, 5.41) is 0. The topological polar surface area (TPSA) is 78.9 Å².